The summed E-state index contributed by atoms with van der Waals surface area (Å²) in [6.45, 7) is 16.3. The highest BCUT2D eigenvalue weighted by molar-refractivity contribution is 7.97. The third-order valence-corrected chi connectivity index (χ3v) is 16.6. The van der Waals surface area contributed by atoms with Crippen molar-refractivity contribution in [2.45, 2.75) is 131 Å². The fraction of sp³-hybridized carbons (Fsp3) is 0.448. The molecule has 2 atom stereocenters. The van der Waals surface area contributed by atoms with Crippen LogP contribution in [0.2, 0.25) is 0 Å². The van der Waals surface area contributed by atoms with Crippen LogP contribution < -0.4 is 26.0 Å². The van der Waals surface area contributed by atoms with Crippen LogP contribution in [0.15, 0.2) is 78.4 Å². The van der Waals surface area contributed by atoms with Crippen LogP contribution in [0, 0.1) is 32.1 Å². The van der Waals surface area contributed by atoms with Gasteiger partial charge in [0.15, 0.2) is 16.8 Å². The summed E-state index contributed by atoms with van der Waals surface area (Å²) in [4.78, 5) is 65.3. The van der Waals surface area contributed by atoms with E-state index in [4.69, 9.17) is 15.8 Å². The van der Waals surface area contributed by atoms with Gasteiger partial charge < -0.3 is 31.3 Å². The zero-order chi connectivity index (χ0) is 56.6. The number of para-hydroxylation sites is 1. The predicted molar refractivity (Wildman–Crippen MR) is 319 cm³/mol. The van der Waals surface area contributed by atoms with Gasteiger partial charge in [0.05, 0.1) is 44.6 Å². The smallest absolute Gasteiger partial charge is 0.280 e. The number of primary amides is 1. The number of hydrogen-bond donors (Lipinski definition) is 5. The minimum atomic E-state index is -0.302. The fourth-order valence-electron chi connectivity index (χ4n) is 9.31. The van der Waals surface area contributed by atoms with E-state index < -0.39 is 0 Å². The highest BCUT2D eigenvalue weighted by Gasteiger charge is 2.28. The average molecular weight is 1130 g/mol. The number of nitrogens with zero attached hydrogens (tertiary/aromatic N) is 9. The molecule has 0 bridgehead atoms. The van der Waals surface area contributed by atoms with Gasteiger partial charge >= 0.3 is 0 Å². The number of carbonyl (C=O) groups is 4. The van der Waals surface area contributed by atoms with Gasteiger partial charge in [-0.1, -0.05) is 99.7 Å². The van der Waals surface area contributed by atoms with Gasteiger partial charge in [0.25, 0.3) is 5.91 Å². The van der Waals surface area contributed by atoms with Crippen molar-refractivity contribution in [2.75, 3.05) is 36.1 Å². The monoisotopic (exact) mass is 1130 g/mol. The number of pyridine rings is 1. The van der Waals surface area contributed by atoms with Gasteiger partial charge in [0.1, 0.15) is 11.5 Å². The summed E-state index contributed by atoms with van der Waals surface area (Å²) in [5.41, 5.74) is 15.3. The Bertz CT molecular complexity index is 3110. The number of nitrogens with one attached hydrogen (secondary N) is 3. The number of unbranched alkanes of at least 4 members (excludes halogenated alkanes) is 2. The molecule has 9 rings (SSSR count). The molecule has 0 radical (unpaired) electrons. The molecule has 6 heterocycles. The number of aromatic nitrogens is 7. The molecule has 1 unspecified atom stereocenters. The lowest BCUT2D eigenvalue weighted by molar-refractivity contribution is -0.132. The first kappa shape index (κ1) is 59.8. The Kier molecular flexibility index (Phi) is 21.5. The standard InChI is InChI=1S/C35H42N10O2S2.C13H14N2OS.C10H19NO2/c1-22-19-31(41-42-33(22)40-35-38-27-13-8-9-14-28(27)49-35)44(3)30-17-16-25(26-20-37-45(23(26)2)21-24-11-6-7-12-24)32(39-30)34(47)43-48-18-10-4-5-15-29(36)46;1-9(14-7-16)11-3-5-12(6-4-11)13-10(2)15-8-17-13;1-10(2,3)6-9(13)11-5-4-8(12)7-11/h8-9,13-14,16-17,19-20,24H,4-7,10-12,15,18,21H2,1-3H3,(H2,36,46)(H,43,47)(H,38,40,42);3-9H,1-2H3,(H,14,16);8,12H,4-7H2,1-3H3/t;9-;/m.0./s1. The van der Waals surface area contributed by atoms with E-state index in [0.717, 1.165) is 94.2 Å². The van der Waals surface area contributed by atoms with Crippen LogP contribution in [-0.4, -0.2) is 101 Å². The van der Waals surface area contributed by atoms with Crippen LogP contribution in [0.3, 0.4) is 0 Å². The first-order chi connectivity index (χ1) is 37.9. The van der Waals surface area contributed by atoms with Gasteiger partial charge in [-0.25, -0.2) is 15.0 Å². The zero-order valence-electron chi connectivity index (χ0n) is 46.6. The molecule has 21 heteroatoms. The minimum absolute atomic E-state index is 0.0455. The van der Waals surface area contributed by atoms with E-state index in [2.05, 4.69) is 80.0 Å². The van der Waals surface area contributed by atoms with E-state index in [1.807, 2.05) is 99.0 Å². The third kappa shape index (κ3) is 17.1. The molecule has 1 aliphatic heterocycles. The van der Waals surface area contributed by atoms with Crippen LogP contribution >= 0.6 is 34.6 Å². The van der Waals surface area contributed by atoms with E-state index in [-0.39, 0.29) is 35.3 Å². The second-order valence-corrected chi connectivity index (χ2v) is 24.2. The molecule has 79 heavy (non-hydrogen) atoms. The summed E-state index contributed by atoms with van der Waals surface area (Å²) in [6.07, 6.45) is 11.4. The number of thiazole rings is 2. The number of benzene rings is 2. The first-order valence-electron chi connectivity index (χ1n) is 27.0. The molecule has 420 valence electrons. The Balaban J connectivity index is 0.000000243. The van der Waals surface area contributed by atoms with Gasteiger partial charge in [0.2, 0.25) is 18.2 Å². The first-order valence-corrected chi connectivity index (χ1v) is 29.7. The van der Waals surface area contributed by atoms with Crippen LogP contribution in [0.25, 0.3) is 31.8 Å². The van der Waals surface area contributed by atoms with Crippen LogP contribution in [0.1, 0.15) is 131 Å². The normalized spacial score (nSPS) is 14.7. The summed E-state index contributed by atoms with van der Waals surface area (Å²) >= 11 is 4.55. The second-order valence-electron chi connectivity index (χ2n) is 21.4. The SMILES string of the molecule is CC(C)(C)CC(=O)N1CCC(O)C1.Cc1cc(N(C)c2ccc(-c3cnn(CC4CCCC4)c3C)c(C(=O)NSCCCCCC(N)=O)n2)nnc1Nc1nc2ccccc2s1.Cc1ncsc1-c1ccc([C@H](C)NC=O)cc1. The molecule has 2 fully saturated rings. The predicted octanol–water partition coefficient (Wildman–Crippen LogP) is 11.0. The van der Waals surface area contributed by atoms with Crippen molar-refractivity contribution in [3.05, 3.63) is 107 Å². The molecule has 7 aromatic rings. The Morgan fingerprint density at radius 3 is 2.37 bits per heavy atom. The lowest BCUT2D eigenvalue weighted by atomic mass is 9.92. The lowest BCUT2D eigenvalue weighted by Gasteiger charge is -2.22. The van der Waals surface area contributed by atoms with Crippen molar-refractivity contribution in [2.24, 2.45) is 17.1 Å². The number of hydrogen-bond acceptors (Lipinski definition) is 16. The van der Waals surface area contributed by atoms with Crippen LogP contribution in [-0.2, 0) is 20.9 Å². The number of anilines is 4. The number of fused-ring (bicyclic) bond motifs is 1. The molecule has 1 aliphatic carbocycles. The summed E-state index contributed by atoms with van der Waals surface area (Å²) in [5.74, 6) is 2.71. The minimum Gasteiger partial charge on any atom is -0.391 e. The molecule has 4 amide bonds. The summed E-state index contributed by atoms with van der Waals surface area (Å²) < 4.78 is 6.15. The molecule has 2 aromatic carbocycles. The topological polar surface area (TPSA) is 239 Å². The van der Waals surface area contributed by atoms with Gasteiger partial charge in [-0.05, 0) is 118 Å². The molecule has 18 nitrogen and oxygen atoms in total. The molecule has 6 N–H and O–H groups in total. The number of rotatable bonds is 20. The van der Waals surface area contributed by atoms with Crippen LogP contribution in [0.4, 0.5) is 22.6 Å². The molecule has 1 saturated carbocycles. The molecule has 0 spiro atoms. The molecule has 1 saturated heterocycles. The van der Waals surface area contributed by atoms with Gasteiger partial charge in [0, 0.05) is 62.1 Å². The Morgan fingerprint density at radius 2 is 1.71 bits per heavy atom. The maximum Gasteiger partial charge on any atom is 0.280 e. The molecule has 2 aliphatic rings. The average Bonchev–Trinajstić information content (AvgIpc) is 4.33. The number of carbonyl (C=O) groups excluding carboxylic acids is 4. The quantitative estimate of drug-likeness (QED) is 0.0271. The van der Waals surface area contributed by atoms with Gasteiger partial charge in [-0.2, -0.15) is 5.10 Å². The van der Waals surface area contributed by atoms with Gasteiger partial charge in [-0.15, -0.1) is 21.5 Å². The van der Waals surface area contributed by atoms with E-state index in [1.165, 1.54) is 48.1 Å². The number of aryl methyl sites for hydroxylation is 2. The Labute approximate surface area is 476 Å². The summed E-state index contributed by atoms with van der Waals surface area (Å²) in [7, 11) is 1.86. The molecule has 5 aromatic heterocycles. The number of nitrogens with two attached hydrogens (primary N) is 1. The van der Waals surface area contributed by atoms with Crippen LogP contribution in [0.5, 0.6) is 0 Å². The lowest BCUT2D eigenvalue weighted by Crippen LogP contribution is -2.32. The van der Waals surface area contributed by atoms with Crippen molar-refractivity contribution in [1.82, 2.24) is 49.9 Å². The van der Waals surface area contributed by atoms with Crippen molar-refractivity contribution >= 4 is 91.6 Å². The number of likely N-dealkylation sites (tertiary alicyclic amines) is 1. The number of aliphatic hydroxyl groups excluding tert-OH is 1. The Morgan fingerprint density at radius 1 is 0.949 bits per heavy atom. The van der Waals surface area contributed by atoms with E-state index in [0.29, 0.717) is 54.2 Å². The highest BCUT2D eigenvalue weighted by Crippen LogP contribution is 2.34. The molecular weight excluding hydrogens is 1050 g/mol. The fourth-order valence-corrected chi connectivity index (χ4v) is 11.7. The van der Waals surface area contributed by atoms with Crippen molar-refractivity contribution in [3.8, 4) is 21.6 Å². The van der Waals surface area contributed by atoms with Crippen molar-refractivity contribution < 1.29 is 24.3 Å². The summed E-state index contributed by atoms with van der Waals surface area (Å²) in [5, 5.41) is 29.7. The maximum absolute atomic E-state index is 13.7. The number of β-amino-alcohol motifs (C(OH)–C–C–N with tert-alkyl or cyclic N) is 1. The third-order valence-electron chi connectivity index (χ3n) is 13.8. The highest BCUT2D eigenvalue weighted by atomic mass is 32.2. The second kappa shape index (κ2) is 28.4. The maximum atomic E-state index is 13.7. The van der Waals surface area contributed by atoms with Crippen molar-refractivity contribution in [1.29, 1.82) is 0 Å². The zero-order valence-corrected chi connectivity index (χ0v) is 49.1. The van der Waals surface area contributed by atoms with E-state index >= 15 is 0 Å². The molecular formula is C58H75N13O5S3. The number of amides is 4. The Hall–Kier alpha value is -6.81. The van der Waals surface area contributed by atoms with Gasteiger partial charge in [-0.3, -0.25) is 28.6 Å². The van der Waals surface area contributed by atoms with Crippen molar-refractivity contribution in [3.63, 3.8) is 0 Å². The van der Waals surface area contributed by atoms with E-state index in [9.17, 15) is 24.3 Å². The number of aliphatic hydroxyl groups is 1. The largest absolute Gasteiger partial charge is 0.391 e. The van der Waals surface area contributed by atoms with E-state index in [1.54, 1.807) is 27.6 Å². The summed E-state index contributed by atoms with van der Waals surface area (Å²) in [6, 6.07) is 22.0.